The molecule has 0 fully saturated rings. The van der Waals surface area contributed by atoms with Crippen molar-refractivity contribution in [1.82, 2.24) is 23.9 Å². The van der Waals surface area contributed by atoms with Crippen LogP contribution in [0.4, 0.5) is 0 Å². The Morgan fingerprint density at radius 1 is 0.391 bits per heavy atom. The van der Waals surface area contributed by atoms with Crippen LogP contribution in [0.2, 0.25) is 0 Å². The van der Waals surface area contributed by atoms with Crippen LogP contribution in [0.3, 0.4) is 0 Å². The molecule has 4 heterocycles. The third kappa shape index (κ3) is 3.54. The van der Waals surface area contributed by atoms with Crippen molar-refractivity contribution < 1.29 is 0 Å². The van der Waals surface area contributed by atoms with Crippen molar-refractivity contribution in [3.8, 4) is 28.7 Å². The van der Waals surface area contributed by atoms with Crippen LogP contribution >= 0.6 is 0 Å². The Morgan fingerprint density at radius 2 is 0.935 bits per heavy atom. The fourth-order valence-corrected chi connectivity index (χ4v) is 7.14. The second-order valence-electron chi connectivity index (χ2n) is 11.7. The van der Waals surface area contributed by atoms with Crippen molar-refractivity contribution in [3.05, 3.63) is 152 Å². The van der Waals surface area contributed by atoms with Gasteiger partial charge in [0.05, 0.1) is 27.6 Å². The molecule has 214 valence electrons. The number of fused-ring (bicyclic) bond motifs is 12. The van der Waals surface area contributed by atoms with Gasteiger partial charge in [-0.05, 0) is 29.7 Å². The molecule has 10 aromatic rings. The van der Waals surface area contributed by atoms with Crippen molar-refractivity contribution in [2.45, 2.75) is 0 Å². The molecule has 6 aromatic carbocycles. The third-order valence-electron chi connectivity index (χ3n) is 9.13. The first kappa shape index (κ1) is 25.0. The molecular weight excluding hydrogens is 562 g/mol. The summed E-state index contributed by atoms with van der Waals surface area (Å²) in [5, 5.41) is 7.10. The summed E-state index contributed by atoms with van der Waals surface area (Å²) in [6.07, 6.45) is 0. The van der Waals surface area contributed by atoms with Crippen molar-refractivity contribution >= 4 is 59.9 Å². The molecule has 0 aliphatic carbocycles. The summed E-state index contributed by atoms with van der Waals surface area (Å²) in [6.45, 7) is 0. The molecule has 0 atom stereocenters. The molecule has 0 bridgehead atoms. The molecule has 0 N–H and O–H groups in total. The number of aromatic nitrogens is 5. The van der Waals surface area contributed by atoms with Gasteiger partial charge < -0.3 is 4.40 Å². The van der Waals surface area contributed by atoms with E-state index in [1.54, 1.807) is 0 Å². The van der Waals surface area contributed by atoms with Gasteiger partial charge in [-0.25, -0.2) is 4.98 Å². The quantitative estimate of drug-likeness (QED) is 0.193. The predicted molar refractivity (Wildman–Crippen MR) is 189 cm³/mol. The van der Waals surface area contributed by atoms with Gasteiger partial charge >= 0.3 is 0 Å². The molecule has 10 rings (SSSR count). The van der Waals surface area contributed by atoms with E-state index in [2.05, 4.69) is 124 Å². The average Bonchev–Trinajstić information content (AvgIpc) is 3.69. The largest absolute Gasteiger partial charge is 0.309 e. The second-order valence-corrected chi connectivity index (χ2v) is 11.7. The molecule has 46 heavy (non-hydrogen) atoms. The SMILES string of the molecule is c1ccc(-c2nc(-c3ccccc3)nc(-n3c4ccccc4c4ccc5c6ccccc6n6c7ccccc7cc6c5c43)n2)cc1. The van der Waals surface area contributed by atoms with E-state index in [1.807, 2.05) is 36.4 Å². The lowest BCUT2D eigenvalue weighted by Crippen LogP contribution is -2.06. The summed E-state index contributed by atoms with van der Waals surface area (Å²) >= 11 is 0. The fourth-order valence-electron chi connectivity index (χ4n) is 7.14. The summed E-state index contributed by atoms with van der Waals surface area (Å²) in [7, 11) is 0. The van der Waals surface area contributed by atoms with Crippen LogP contribution in [-0.4, -0.2) is 23.9 Å². The first-order valence-electron chi connectivity index (χ1n) is 15.5. The molecule has 0 amide bonds. The Morgan fingerprint density at radius 3 is 1.63 bits per heavy atom. The lowest BCUT2D eigenvalue weighted by atomic mass is 10.0. The number of hydrogen-bond donors (Lipinski definition) is 0. The molecule has 5 heteroatoms. The van der Waals surface area contributed by atoms with Gasteiger partial charge in [-0.1, -0.05) is 127 Å². The van der Waals surface area contributed by atoms with E-state index in [0.29, 0.717) is 17.6 Å². The van der Waals surface area contributed by atoms with Gasteiger partial charge in [-0.2, -0.15) is 9.97 Å². The van der Waals surface area contributed by atoms with E-state index >= 15 is 0 Å². The number of hydrogen-bond acceptors (Lipinski definition) is 3. The lowest BCUT2D eigenvalue weighted by Gasteiger charge is -2.14. The maximum absolute atomic E-state index is 5.20. The number of para-hydroxylation sites is 3. The van der Waals surface area contributed by atoms with E-state index in [1.165, 1.54) is 32.6 Å². The highest BCUT2D eigenvalue weighted by Gasteiger charge is 2.22. The van der Waals surface area contributed by atoms with E-state index < -0.39 is 0 Å². The summed E-state index contributed by atoms with van der Waals surface area (Å²) < 4.78 is 4.66. The third-order valence-corrected chi connectivity index (χ3v) is 9.13. The molecule has 0 saturated heterocycles. The molecule has 0 saturated carbocycles. The van der Waals surface area contributed by atoms with Gasteiger partial charge in [0, 0.05) is 38.1 Å². The summed E-state index contributed by atoms with van der Waals surface area (Å²) in [6, 6.07) is 53.1. The van der Waals surface area contributed by atoms with Gasteiger partial charge in [-0.3, -0.25) is 4.57 Å². The highest BCUT2D eigenvalue weighted by Crippen LogP contribution is 2.42. The molecule has 0 radical (unpaired) electrons. The summed E-state index contributed by atoms with van der Waals surface area (Å²) in [5.74, 6) is 1.87. The van der Waals surface area contributed by atoms with Crippen molar-refractivity contribution in [2.75, 3.05) is 0 Å². The molecular formula is C41H25N5. The molecule has 0 spiro atoms. The van der Waals surface area contributed by atoms with Gasteiger partial charge in [0.15, 0.2) is 11.6 Å². The van der Waals surface area contributed by atoms with Crippen LogP contribution in [0.15, 0.2) is 152 Å². The van der Waals surface area contributed by atoms with Crippen LogP contribution in [0.25, 0.3) is 88.6 Å². The molecule has 0 unspecified atom stereocenters. The lowest BCUT2D eigenvalue weighted by molar-refractivity contribution is 0.955. The van der Waals surface area contributed by atoms with Crippen LogP contribution in [0, 0.1) is 0 Å². The Labute approximate surface area is 263 Å². The van der Waals surface area contributed by atoms with Crippen LogP contribution in [0.1, 0.15) is 0 Å². The van der Waals surface area contributed by atoms with Gasteiger partial charge in [0.2, 0.25) is 5.95 Å². The monoisotopic (exact) mass is 587 g/mol. The average molecular weight is 588 g/mol. The molecule has 4 aromatic heterocycles. The van der Waals surface area contributed by atoms with Gasteiger partial charge in [0.25, 0.3) is 0 Å². The van der Waals surface area contributed by atoms with E-state index in [-0.39, 0.29) is 0 Å². The Hall–Kier alpha value is -6.33. The topological polar surface area (TPSA) is 48.0 Å². The normalized spacial score (nSPS) is 11.9. The van der Waals surface area contributed by atoms with E-state index in [0.717, 1.165) is 38.4 Å². The predicted octanol–water partition coefficient (Wildman–Crippen LogP) is 10.0. The van der Waals surface area contributed by atoms with Crippen LogP contribution in [-0.2, 0) is 0 Å². The summed E-state index contributed by atoms with van der Waals surface area (Å²) in [4.78, 5) is 15.4. The Balaban J connectivity index is 1.43. The van der Waals surface area contributed by atoms with Crippen molar-refractivity contribution in [1.29, 1.82) is 0 Å². The minimum atomic E-state index is 0.592. The van der Waals surface area contributed by atoms with E-state index in [4.69, 9.17) is 15.0 Å². The maximum atomic E-state index is 5.20. The number of pyridine rings is 1. The fraction of sp³-hybridized carbons (Fsp3) is 0. The van der Waals surface area contributed by atoms with Gasteiger partial charge in [0.1, 0.15) is 0 Å². The minimum Gasteiger partial charge on any atom is -0.309 e. The van der Waals surface area contributed by atoms with Gasteiger partial charge in [-0.15, -0.1) is 0 Å². The Kier molecular flexibility index (Phi) is 5.22. The van der Waals surface area contributed by atoms with Crippen LogP contribution < -0.4 is 0 Å². The zero-order valence-electron chi connectivity index (χ0n) is 24.7. The number of rotatable bonds is 3. The molecule has 5 nitrogen and oxygen atoms in total. The van der Waals surface area contributed by atoms with E-state index in [9.17, 15) is 0 Å². The first-order valence-corrected chi connectivity index (χ1v) is 15.5. The highest BCUT2D eigenvalue weighted by molar-refractivity contribution is 6.28. The van der Waals surface area contributed by atoms with Crippen molar-refractivity contribution in [2.24, 2.45) is 0 Å². The summed E-state index contributed by atoms with van der Waals surface area (Å²) in [5.41, 5.74) is 7.56. The highest BCUT2D eigenvalue weighted by atomic mass is 15.2. The minimum absolute atomic E-state index is 0.592. The first-order chi connectivity index (χ1) is 22.8. The maximum Gasteiger partial charge on any atom is 0.238 e. The standard InChI is InChI=1S/C41H25N5/c1-3-13-26(14-4-1)39-42-40(27-15-5-2-6-16-27)44-41(43-39)46-35-22-12-9-19-30(35)32-24-23-31-29-18-8-11-21-34(29)45-33-20-10-7-17-28(33)25-36(45)37(31)38(32)46/h1-25H. The van der Waals surface area contributed by atoms with Crippen LogP contribution in [0.5, 0.6) is 0 Å². The Bertz CT molecular complexity index is 2740. The molecule has 0 aliphatic rings. The molecule has 0 aliphatic heterocycles. The number of nitrogens with zero attached hydrogens (tertiary/aromatic N) is 5. The second kappa shape index (κ2) is 9.58. The zero-order valence-corrected chi connectivity index (χ0v) is 24.7. The van der Waals surface area contributed by atoms with Crippen molar-refractivity contribution in [3.63, 3.8) is 0 Å². The zero-order chi connectivity index (χ0) is 30.2. The number of benzene rings is 6. The smallest absolute Gasteiger partial charge is 0.238 e.